The lowest BCUT2D eigenvalue weighted by molar-refractivity contribution is -0.122. The number of aliphatic hydroxyl groups is 1. The van der Waals surface area contributed by atoms with Crippen molar-refractivity contribution in [3.8, 4) is 0 Å². The Morgan fingerprint density at radius 2 is 1.55 bits per heavy atom. The van der Waals surface area contributed by atoms with Crippen LogP contribution in [0.1, 0.15) is 24.0 Å². The molecule has 1 heterocycles. The molecule has 2 atom stereocenters. The van der Waals surface area contributed by atoms with E-state index in [1.54, 1.807) is 0 Å². The molecule has 1 aliphatic rings. The Bertz CT molecular complexity index is 662. The maximum Gasteiger partial charge on any atom is 0.237 e. The van der Waals surface area contributed by atoms with Crippen LogP contribution in [0.15, 0.2) is 60.7 Å². The van der Waals surface area contributed by atoms with Crippen LogP contribution in [0.25, 0.3) is 0 Å². The Labute approximate surface area is 185 Å². The standard InChI is InChI=1S/C22H29N3O2.2ClH/c26-20-14-21(24-15-20)22(27)23-12-7-13-25(16-18-8-3-1-4-9-18)17-19-10-5-2-6-11-19;;/h1-6,8-11,20-21,24,26H,7,12-17H2,(H,23,27);2*1H. The van der Waals surface area contributed by atoms with E-state index in [9.17, 15) is 9.90 Å². The van der Waals surface area contributed by atoms with Crippen molar-refractivity contribution in [2.75, 3.05) is 19.6 Å². The number of hydrogen-bond acceptors (Lipinski definition) is 4. The zero-order valence-electron chi connectivity index (χ0n) is 16.5. The molecule has 5 nitrogen and oxygen atoms in total. The van der Waals surface area contributed by atoms with E-state index in [1.807, 2.05) is 12.1 Å². The maximum absolute atomic E-state index is 12.1. The number of rotatable bonds is 9. The molecule has 0 spiro atoms. The van der Waals surface area contributed by atoms with Gasteiger partial charge in [0, 0.05) is 32.7 Å². The summed E-state index contributed by atoms with van der Waals surface area (Å²) in [5.74, 6) is -0.00998. The molecule has 1 fully saturated rings. The largest absolute Gasteiger partial charge is 0.392 e. The SMILES string of the molecule is Cl.Cl.O=C(NCCCN(Cc1ccccc1)Cc1ccccc1)C1CC(O)CN1. The monoisotopic (exact) mass is 439 g/mol. The van der Waals surface area contributed by atoms with Crippen molar-refractivity contribution in [2.24, 2.45) is 0 Å². The molecule has 3 N–H and O–H groups in total. The highest BCUT2D eigenvalue weighted by atomic mass is 35.5. The van der Waals surface area contributed by atoms with Crippen molar-refractivity contribution in [2.45, 2.75) is 38.1 Å². The second kappa shape index (κ2) is 13.6. The fourth-order valence-electron chi connectivity index (χ4n) is 3.45. The molecule has 0 aromatic heterocycles. The van der Waals surface area contributed by atoms with E-state index in [1.165, 1.54) is 11.1 Å². The number of benzene rings is 2. The zero-order valence-corrected chi connectivity index (χ0v) is 18.1. The smallest absolute Gasteiger partial charge is 0.237 e. The Hall–Kier alpha value is -1.63. The Kier molecular flexibility index (Phi) is 11.9. The molecule has 2 unspecified atom stereocenters. The molecule has 2 aromatic rings. The lowest BCUT2D eigenvalue weighted by atomic mass is 10.1. The van der Waals surface area contributed by atoms with Crippen molar-refractivity contribution >= 4 is 30.7 Å². The molecule has 0 saturated carbocycles. The van der Waals surface area contributed by atoms with Crippen LogP contribution in [0.5, 0.6) is 0 Å². The second-order valence-electron chi connectivity index (χ2n) is 7.18. The van der Waals surface area contributed by atoms with Crippen LogP contribution in [0, 0.1) is 0 Å². The van der Waals surface area contributed by atoms with Crippen LogP contribution in [0.4, 0.5) is 0 Å². The van der Waals surface area contributed by atoms with Gasteiger partial charge in [0.2, 0.25) is 5.91 Å². The van der Waals surface area contributed by atoms with E-state index in [0.717, 1.165) is 26.1 Å². The highest BCUT2D eigenvalue weighted by Crippen LogP contribution is 2.11. The third-order valence-electron chi connectivity index (χ3n) is 4.87. The van der Waals surface area contributed by atoms with Crippen molar-refractivity contribution < 1.29 is 9.90 Å². The molecule has 0 aliphatic carbocycles. The molecule has 0 radical (unpaired) electrons. The lowest BCUT2D eigenvalue weighted by Gasteiger charge is -2.23. The molecule has 7 heteroatoms. The van der Waals surface area contributed by atoms with Crippen LogP contribution in [0.2, 0.25) is 0 Å². The quantitative estimate of drug-likeness (QED) is 0.525. The minimum atomic E-state index is -0.409. The van der Waals surface area contributed by atoms with Crippen LogP contribution in [-0.2, 0) is 17.9 Å². The number of nitrogens with one attached hydrogen (secondary N) is 2. The van der Waals surface area contributed by atoms with E-state index < -0.39 is 6.10 Å². The number of carbonyl (C=O) groups is 1. The number of amides is 1. The normalized spacial score (nSPS) is 18.0. The molecule has 160 valence electrons. The zero-order chi connectivity index (χ0) is 18.9. The van der Waals surface area contributed by atoms with E-state index >= 15 is 0 Å². The summed E-state index contributed by atoms with van der Waals surface area (Å²) in [7, 11) is 0. The van der Waals surface area contributed by atoms with Gasteiger partial charge in [0.15, 0.2) is 0 Å². The molecule has 3 rings (SSSR count). The highest BCUT2D eigenvalue weighted by molar-refractivity contribution is 5.85. The fraction of sp³-hybridized carbons (Fsp3) is 0.409. The van der Waals surface area contributed by atoms with Gasteiger partial charge in [-0.2, -0.15) is 0 Å². The number of nitrogens with zero attached hydrogens (tertiary/aromatic N) is 1. The first-order valence-corrected chi connectivity index (χ1v) is 9.70. The number of halogens is 2. The first-order chi connectivity index (χ1) is 13.2. The van der Waals surface area contributed by atoms with Crippen molar-refractivity contribution in [3.05, 3.63) is 71.8 Å². The summed E-state index contributed by atoms with van der Waals surface area (Å²) in [6.45, 7) is 3.83. The van der Waals surface area contributed by atoms with Crippen molar-refractivity contribution in [1.29, 1.82) is 0 Å². The summed E-state index contributed by atoms with van der Waals surface area (Å²) in [6.07, 6.45) is 0.980. The molecule has 2 aromatic carbocycles. The molecule has 0 bridgehead atoms. The first kappa shape index (κ1) is 25.4. The Morgan fingerprint density at radius 3 is 2.03 bits per heavy atom. The van der Waals surface area contributed by atoms with Gasteiger partial charge in [-0.15, -0.1) is 24.8 Å². The summed E-state index contributed by atoms with van der Waals surface area (Å²) in [4.78, 5) is 14.5. The minimum Gasteiger partial charge on any atom is -0.392 e. The van der Waals surface area contributed by atoms with Gasteiger partial charge in [-0.05, 0) is 24.0 Å². The molecule has 1 saturated heterocycles. The number of hydrogen-bond donors (Lipinski definition) is 3. The predicted molar refractivity (Wildman–Crippen MR) is 122 cm³/mol. The topological polar surface area (TPSA) is 64.6 Å². The third-order valence-corrected chi connectivity index (χ3v) is 4.87. The third kappa shape index (κ3) is 8.72. The van der Waals surface area contributed by atoms with E-state index in [2.05, 4.69) is 64.1 Å². The minimum absolute atomic E-state index is 0. The van der Waals surface area contributed by atoms with Crippen LogP contribution in [-0.4, -0.2) is 47.7 Å². The summed E-state index contributed by atoms with van der Waals surface area (Å²) in [5, 5.41) is 15.6. The Balaban J connectivity index is 0.00000210. The van der Waals surface area contributed by atoms with Crippen LogP contribution in [0.3, 0.4) is 0 Å². The van der Waals surface area contributed by atoms with E-state index in [4.69, 9.17) is 0 Å². The van der Waals surface area contributed by atoms with Gasteiger partial charge in [0.05, 0.1) is 12.1 Å². The summed E-state index contributed by atoms with van der Waals surface area (Å²) < 4.78 is 0. The molecule has 1 aliphatic heterocycles. The number of β-amino-alcohol motifs (C(OH)–C–C–N with tert-alkyl or cyclic N) is 1. The Morgan fingerprint density at radius 1 is 1.00 bits per heavy atom. The number of aliphatic hydroxyl groups excluding tert-OH is 1. The average molecular weight is 440 g/mol. The fourth-order valence-corrected chi connectivity index (χ4v) is 3.45. The summed E-state index contributed by atoms with van der Waals surface area (Å²) in [6, 6.07) is 20.7. The molecular formula is C22H31Cl2N3O2. The van der Waals surface area contributed by atoms with Crippen LogP contribution >= 0.6 is 24.8 Å². The van der Waals surface area contributed by atoms with Gasteiger partial charge in [0.25, 0.3) is 0 Å². The molecule has 1 amide bonds. The van der Waals surface area contributed by atoms with Gasteiger partial charge < -0.3 is 15.7 Å². The molecule has 29 heavy (non-hydrogen) atoms. The van der Waals surface area contributed by atoms with Gasteiger partial charge in [-0.25, -0.2) is 0 Å². The van der Waals surface area contributed by atoms with Crippen molar-refractivity contribution in [1.82, 2.24) is 15.5 Å². The van der Waals surface area contributed by atoms with E-state index in [-0.39, 0.29) is 36.8 Å². The van der Waals surface area contributed by atoms with Crippen molar-refractivity contribution in [3.63, 3.8) is 0 Å². The second-order valence-corrected chi connectivity index (χ2v) is 7.18. The van der Waals surface area contributed by atoms with Gasteiger partial charge in [-0.3, -0.25) is 9.69 Å². The lowest BCUT2D eigenvalue weighted by Crippen LogP contribution is -2.41. The van der Waals surface area contributed by atoms with Crippen LogP contribution < -0.4 is 10.6 Å². The average Bonchev–Trinajstić information content (AvgIpc) is 3.13. The molecular weight excluding hydrogens is 409 g/mol. The highest BCUT2D eigenvalue weighted by Gasteiger charge is 2.27. The first-order valence-electron chi connectivity index (χ1n) is 9.70. The summed E-state index contributed by atoms with van der Waals surface area (Å²) in [5.41, 5.74) is 2.59. The maximum atomic E-state index is 12.1. The van der Waals surface area contributed by atoms with Gasteiger partial charge >= 0.3 is 0 Å². The van der Waals surface area contributed by atoms with Gasteiger partial charge in [0.1, 0.15) is 0 Å². The summed E-state index contributed by atoms with van der Waals surface area (Å²) >= 11 is 0. The predicted octanol–water partition coefficient (Wildman–Crippen LogP) is 2.76. The van der Waals surface area contributed by atoms with E-state index in [0.29, 0.717) is 19.5 Å². The van der Waals surface area contributed by atoms with Gasteiger partial charge in [-0.1, -0.05) is 60.7 Å². The number of carbonyl (C=O) groups excluding carboxylic acids is 1.